The fourth-order valence-corrected chi connectivity index (χ4v) is 2.16. The van der Waals surface area contributed by atoms with Crippen LogP contribution in [0.3, 0.4) is 0 Å². The monoisotopic (exact) mass is 362 g/mol. The topological polar surface area (TPSA) is 175 Å². The fourth-order valence-electron chi connectivity index (χ4n) is 2.16. The molecule has 0 atom stereocenters. The summed E-state index contributed by atoms with van der Waals surface area (Å²) in [5.74, 6) is 0.223. The van der Waals surface area contributed by atoms with Gasteiger partial charge in [-0.05, 0) is 9.85 Å². The molecule has 0 aromatic carbocycles. The Hall–Kier alpha value is -3.84. The molecule has 2 aromatic heterocycles. The smallest absolute Gasteiger partial charge is 0.340 e. The molecule has 1 aliphatic rings. The highest BCUT2D eigenvalue weighted by Crippen LogP contribution is 2.07. The maximum absolute atomic E-state index is 10.6. The van der Waals surface area contributed by atoms with Gasteiger partial charge in [-0.2, -0.15) is 10.2 Å². The lowest BCUT2D eigenvalue weighted by Crippen LogP contribution is -2.41. The third-order valence-electron chi connectivity index (χ3n) is 3.48. The molecule has 14 heteroatoms. The number of nitro groups is 2. The van der Waals surface area contributed by atoms with Crippen molar-refractivity contribution in [1.29, 1.82) is 0 Å². The Bertz CT molecular complexity index is 778. The summed E-state index contributed by atoms with van der Waals surface area (Å²) in [5, 5.41) is 33.2. The zero-order valence-electron chi connectivity index (χ0n) is 13.3. The molecule has 1 saturated heterocycles. The van der Waals surface area contributed by atoms with Gasteiger partial charge in [-0.3, -0.25) is 10.0 Å². The molecule has 14 nitrogen and oxygen atoms in total. The van der Waals surface area contributed by atoms with Crippen molar-refractivity contribution in [2.45, 2.75) is 0 Å². The zero-order valence-corrected chi connectivity index (χ0v) is 13.3. The van der Waals surface area contributed by atoms with E-state index in [0.717, 1.165) is 12.4 Å². The van der Waals surface area contributed by atoms with Crippen molar-refractivity contribution >= 4 is 24.1 Å². The number of hydrazone groups is 2. The molecule has 0 aliphatic carbocycles. The van der Waals surface area contributed by atoms with E-state index in [4.69, 9.17) is 0 Å². The molecule has 0 bridgehead atoms. The number of nitrogens with zero attached hydrogens (tertiary/aromatic N) is 8. The van der Waals surface area contributed by atoms with Crippen molar-refractivity contribution in [2.75, 3.05) is 26.2 Å². The van der Waals surface area contributed by atoms with Crippen LogP contribution in [0.4, 0.5) is 11.6 Å². The minimum atomic E-state index is -0.561. The Morgan fingerprint density at radius 1 is 0.885 bits per heavy atom. The summed E-state index contributed by atoms with van der Waals surface area (Å²) in [6, 6.07) is 0. The van der Waals surface area contributed by atoms with Gasteiger partial charge in [0.15, 0.2) is 0 Å². The molecule has 0 saturated carbocycles. The largest absolute Gasteiger partial charge is 0.358 e. The molecule has 0 radical (unpaired) electrons. The normalized spacial score (nSPS) is 15.2. The molecule has 2 aromatic rings. The van der Waals surface area contributed by atoms with Gasteiger partial charge in [-0.25, -0.2) is 19.9 Å². The minimum absolute atomic E-state index is 0.191. The third-order valence-corrected chi connectivity index (χ3v) is 3.48. The number of piperazine rings is 1. The summed E-state index contributed by atoms with van der Waals surface area (Å²) in [6.07, 6.45) is 5.11. The van der Waals surface area contributed by atoms with Crippen LogP contribution < -0.4 is 0 Å². The van der Waals surface area contributed by atoms with E-state index in [1.165, 1.54) is 12.4 Å². The number of hydrogen-bond donors (Lipinski definition) is 2. The lowest BCUT2D eigenvalue weighted by Gasteiger charge is -2.30. The number of aromatic amines is 2. The molecular weight excluding hydrogens is 348 g/mol. The van der Waals surface area contributed by atoms with Gasteiger partial charge >= 0.3 is 11.6 Å². The van der Waals surface area contributed by atoms with Crippen LogP contribution >= 0.6 is 0 Å². The van der Waals surface area contributed by atoms with E-state index < -0.39 is 9.85 Å². The van der Waals surface area contributed by atoms with Gasteiger partial charge in [0, 0.05) is 0 Å². The van der Waals surface area contributed by atoms with Crippen LogP contribution in [0.5, 0.6) is 0 Å². The molecule has 136 valence electrons. The SMILES string of the molecule is O=[N+]([O-])c1cnc(/C=N/N2CCN(/N=C/c3ncc([N+](=O)[O-])[nH]3)CC2)[nH]1. The quantitative estimate of drug-likeness (QED) is 0.408. The highest BCUT2D eigenvalue weighted by Gasteiger charge is 2.15. The van der Waals surface area contributed by atoms with Gasteiger partial charge in [0.25, 0.3) is 0 Å². The molecule has 0 spiro atoms. The van der Waals surface area contributed by atoms with Gasteiger partial charge < -0.3 is 20.2 Å². The second kappa shape index (κ2) is 7.37. The molecule has 1 aliphatic heterocycles. The second-order valence-corrected chi connectivity index (χ2v) is 5.22. The van der Waals surface area contributed by atoms with Crippen molar-refractivity contribution in [1.82, 2.24) is 30.0 Å². The first kappa shape index (κ1) is 17.0. The van der Waals surface area contributed by atoms with E-state index in [1.54, 1.807) is 10.0 Å². The van der Waals surface area contributed by atoms with Crippen LogP contribution in [0.2, 0.25) is 0 Å². The first-order chi connectivity index (χ1) is 12.5. The van der Waals surface area contributed by atoms with E-state index >= 15 is 0 Å². The summed E-state index contributed by atoms with van der Waals surface area (Å²) in [5.41, 5.74) is 0. The predicted octanol–water partition coefficient (Wildman–Crippen LogP) is -0.0652. The second-order valence-electron chi connectivity index (χ2n) is 5.22. The van der Waals surface area contributed by atoms with Crippen LogP contribution in [0.25, 0.3) is 0 Å². The molecule has 26 heavy (non-hydrogen) atoms. The zero-order chi connectivity index (χ0) is 18.5. The lowest BCUT2D eigenvalue weighted by molar-refractivity contribution is -0.389. The highest BCUT2D eigenvalue weighted by molar-refractivity contribution is 5.75. The molecule has 0 unspecified atom stereocenters. The molecule has 2 N–H and O–H groups in total. The summed E-state index contributed by atoms with van der Waals surface area (Å²) < 4.78 is 0. The number of aromatic nitrogens is 4. The van der Waals surface area contributed by atoms with Crippen molar-refractivity contribution < 1.29 is 9.85 Å². The number of nitrogens with one attached hydrogen (secondary N) is 2. The summed E-state index contributed by atoms with van der Waals surface area (Å²) >= 11 is 0. The van der Waals surface area contributed by atoms with Crippen molar-refractivity contribution in [3.63, 3.8) is 0 Å². The average Bonchev–Trinajstić information content (AvgIpc) is 3.28. The van der Waals surface area contributed by atoms with Crippen LogP contribution in [-0.2, 0) is 0 Å². The van der Waals surface area contributed by atoms with Gasteiger partial charge in [0.05, 0.1) is 26.2 Å². The van der Waals surface area contributed by atoms with Gasteiger partial charge in [-0.15, -0.1) is 0 Å². The van der Waals surface area contributed by atoms with E-state index in [0.29, 0.717) is 37.8 Å². The Labute approximate surface area is 145 Å². The van der Waals surface area contributed by atoms with Crippen molar-refractivity contribution in [3.8, 4) is 0 Å². The molecule has 1 fully saturated rings. The summed E-state index contributed by atoms with van der Waals surface area (Å²) in [4.78, 5) is 32.8. The van der Waals surface area contributed by atoms with Crippen LogP contribution in [0.1, 0.15) is 11.6 Å². The van der Waals surface area contributed by atoms with Gasteiger partial charge in [0.1, 0.15) is 24.8 Å². The Balaban J connectivity index is 1.48. The summed E-state index contributed by atoms with van der Waals surface area (Å²) in [7, 11) is 0. The number of imidazole rings is 2. The predicted molar refractivity (Wildman–Crippen MR) is 88.8 cm³/mol. The first-order valence-corrected chi connectivity index (χ1v) is 7.48. The molecular formula is C12H14N10O4. The average molecular weight is 362 g/mol. The Morgan fingerprint density at radius 3 is 1.58 bits per heavy atom. The van der Waals surface area contributed by atoms with E-state index in [-0.39, 0.29) is 11.6 Å². The number of H-pyrrole nitrogens is 2. The number of rotatable bonds is 6. The summed E-state index contributed by atoms with van der Waals surface area (Å²) in [6.45, 7) is 2.37. The maximum atomic E-state index is 10.6. The Kier molecular flexibility index (Phi) is 4.82. The van der Waals surface area contributed by atoms with Gasteiger partial charge in [0.2, 0.25) is 11.6 Å². The van der Waals surface area contributed by atoms with E-state index in [1.807, 2.05) is 0 Å². The molecule has 3 rings (SSSR count). The standard InChI is InChI=1S/C12H14N10O4/c23-21(24)11-7-13-9(17-11)5-15-19-1-2-20(4-3-19)16-6-10-14-8-12(18-10)22(25)26/h5-8H,1-4H2,(H,13,17)(H,14,18)/b15-5+,16-6+. The van der Waals surface area contributed by atoms with Crippen LogP contribution in [0.15, 0.2) is 22.6 Å². The van der Waals surface area contributed by atoms with Crippen LogP contribution in [0, 0.1) is 20.2 Å². The van der Waals surface area contributed by atoms with E-state index in [9.17, 15) is 20.2 Å². The minimum Gasteiger partial charge on any atom is -0.358 e. The van der Waals surface area contributed by atoms with Crippen LogP contribution in [-0.4, -0.2) is 78.4 Å². The van der Waals surface area contributed by atoms with Gasteiger partial charge in [-0.1, -0.05) is 0 Å². The third kappa shape index (κ3) is 4.16. The fraction of sp³-hybridized carbons (Fsp3) is 0.333. The first-order valence-electron chi connectivity index (χ1n) is 7.48. The molecule has 3 heterocycles. The van der Waals surface area contributed by atoms with Crippen molar-refractivity contribution in [3.05, 3.63) is 44.3 Å². The molecule has 0 amide bonds. The number of hydrogen-bond acceptors (Lipinski definition) is 10. The maximum Gasteiger partial charge on any atom is 0.340 e. The van der Waals surface area contributed by atoms with E-state index in [2.05, 4.69) is 30.1 Å². The lowest BCUT2D eigenvalue weighted by atomic mass is 10.4. The van der Waals surface area contributed by atoms with Crippen molar-refractivity contribution in [2.24, 2.45) is 10.2 Å². The highest BCUT2D eigenvalue weighted by atomic mass is 16.6. The Morgan fingerprint density at radius 2 is 1.27 bits per heavy atom.